The van der Waals surface area contributed by atoms with Crippen molar-refractivity contribution in [1.29, 1.82) is 0 Å². The smallest absolute Gasteiger partial charge is 0.260 e. The Morgan fingerprint density at radius 3 is 2.59 bits per heavy atom. The third-order valence-corrected chi connectivity index (χ3v) is 5.83. The van der Waals surface area contributed by atoms with Gasteiger partial charge in [0.25, 0.3) is 5.91 Å². The van der Waals surface area contributed by atoms with Crippen LogP contribution in [0.15, 0.2) is 42.5 Å². The summed E-state index contributed by atoms with van der Waals surface area (Å²) in [6, 6.07) is 12.5. The van der Waals surface area contributed by atoms with Gasteiger partial charge >= 0.3 is 0 Å². The topological polar surface area (TPSA) is 37.6 Å². The normalized spacial score (nSPS) is 11.3. The molecule has 142 valence electrons. The summed E-state index contributed by atoms with van der Waals surface area (Å²) in [6.07, 6.45) is 0. The molecule has 1 N–H and O–H groups in total. The SMILES string of the molecule is CC[NH+](CC)CCN(C(=O)c1cccc(C)c1)c1nc2c(F)cccc2s1. The quantitative estimate of drug-likeness (QED) is 0.676. The Bertz CT molecular complexity index is 936. The molecule has 4 nitrogen and oxygen atoms in total. The first-order chi connectivity index (χ1) is 13.0. The Morgan fingerprint density at radius 1 is 1.19 bits per heavy atom. The zero-order valence-corrected chi connectivity index (χ0v) is 16.8. The van der Waals surface area contributed by atoms with Gasteiger partial charge in [-0.25, -0.2) is 9.37 Å². The van der Waals surface area contributed by atoms with Crippen molar-refractivity contribution in [3.05, 3.63) is 59.4 Å². The Hall–Kier alpha value is -2.31. The molecule has 0 aliphatic heterocycles. The first-order valence-electron chi connectivity index (χ1n) is 9.30. The van der Waals surface area contributed by atoms with Gasteiger partial charge in [0.05, 0.1) is 30.9 Å². The van der Waals surface area contributed by atoms with Gasteiger partial charge in [0, 0.05) is 5.56 Å². The lowest BCUT2D eigenvalue weighted by molar-refractivity contribution is -0.894. The van der Waals surface area contributed by atoms with E-state index in [1.807, 2.05) is 37.3 Å². The van der Waals surface area contributed by atoms with Gasteiger partial charge < -0.3 is 4.90 Å². The minimum absolute atomic E-state index is 0.0929. The second-order valence-corrected chi connectivity index (χ2v) is 7.63. The van der Waals surface area contributed by atoms with E-state index in [9.17, 15) is 9.18 Å². The second-order valence-electron chi connectivity index (χ2n) is 6.62. The van der Waals surface area contributed by atoms with Crippen LogP contribution in [0.1, 0.15) is 29.8 Å². The van der Waals surface area contributed by atoms with Gasteiger partial charge in [-0.15, -0.1) is 0 Å². The van der Waals surface area contributed by atoms with Crippen LogP contribution < -0.4 is 9.80 Å². The van der Waals surface area contributed by atoms with Crippen LogP contribution in [0.2, 0.25) is 0 Å². The number of fused-ring (bicyclic) bond motifs is 1. The third-order valence-electron chi connectivity index (χ3n) is 4.79. The summed E-state index contributed by atoms with van der Waals surface area (Å²) in [7, 11) is 0. The number of nitrogens with zero attached hydrogens (tertiary/aromatic N) is 2. The lowest BCUT2D eigenvalue weighted by Gasteiger charge is -2.23. The number of anilines is 1. The van der Waals surface area contributed by atoms with E-state index in [2.05, 4.69) is 18.8 Å². The van der Waals surface area contributed by atoms with E-state index in [1.54, 1.807) is 11.0 Å². The van der Waals surface area contributed by atoms with Crippen molar-refractivity contribution >= 4 is 32.6 Å². The highest BCUT2D eigenvalue weighted by Crippen LogP contribution is 2.31. The number of para-hydroxylation sites is 1. The monoisotopic (exact) mass is 386 g/mol. The number of likely N-dealkylation sites (N-methyl/N-ethyl adjacent to an activating group) is 1. The van der Waals surface area contributed by atoms with Crippen molar-refractivity contribution < 1.29 is 14.1 Å². The molecule has 0 saturated carbocycles. The van der Waals surface area contributed by atoms with Gasteiger partial charge in [0.1, 0.15) is 11.3 Å². The zero-order valence-electron chi connectivity index (χ0n) is 16.0. The molecule has 0 bridgehead atoms. The molecule has 0 aliphatic rings. The number of quaternary nitrogens is 1. The summed E-state index contributed by atoms with van der Waals surface area (Å²) >= 11 is 1.36. The van der Waals surface area contributed by atoms with E-state index in [1.165, 1.54) is 22.3 Å². The summed E-state index contributed by atoms with van der Waals surface area (Å²) in [6.45, 7) is 9.61. The molecule has 3 rings (SSSR count). The maximum absolute atomic E-state index is 14.1. The summed E-state index contributed by atoms with van der Waals surface area (Å²) < 4.78 is 14.9. The molecule has 6 heteroatoms. The fraction of sp³-hybridized carbons (Fsp3) is 0.333. The van der Waals surface area contributed by atoms with E-state index in [0.29, 0.717) is 22.8 Å². The largest absolute Gasteiger partial charge is 0.334 e. The highest BCUT2D eigenvalue weighted by molar-refractivity contribution is 7.22. The molecule has 0 aliphatic carbocycles. The minimum atomic E-state index is -0.354. The number of aromatic nitrogens is 1. The molecule has 0 unspecified atom stereocenters. The molecule has 0 atom stereocenters. The van der Waals surface area contributed by atoms with Crippen molar-refractivity contribution in [3.63, 3.8) is 0 Å². The summed E-state index contributed by atoms with van der Waals surface area (Å²) in [4.78, 5) is 20.8. The lowest BCUT2D eigenvalue weighted by Crippen LogP contribution is -3.12. The molecule has 1 aromatic heterocycles. The van der Waals surface area contributed by atoms with Crippen LogP contribution in [0, 0.1) is 12.7 Å². The highest BCUT2D eigenvalue weighted by Gasteiger charge is 2.23. The number of rotatable bonds is 7. The highest BCUT2D eigenvalue weighted by atomic mass is 32.1. The van der Waals surface area contributed by atoms with Gasteiger partial charge in [-0.1, -0.05) is 35.1 Å². The van der Waals surface area contributed by atoms with E-state index in [4.69, 9.17) is 0 Å². The van der Waals surface area contributed by atoms with E-state index in [0.717, 1.165) is 29.9 Å². The second kappa shape index (κ2) is 8.59. The minimum Gasteiger partial charge on any atom is -0.334 e. The summed E-state index contributed by atoms with van der Waals surface area (Å²) in [5, 5.41) is 0.549. The van der Waals surface area contributed by atoms with E-state index in [-0.39, 0.29) is 11.7 Å². The molecule has 27 heavy (non-hydrogen) atoms. The molecule has 0 fully saturated rings. The standard InChI is InChI=1S/C21H24FN3OS/c1-4-24(5-2)12-13-25(20(26)16-9-6-8-15(3)14-16)21-23-19-17(22)10-7-11-18(19)27-21/h6-11,14H,4-5,12-13H2,1-3H3/p+1. The first kappa shape index (κ1) is 19.5. The molecule has 0 spiro atoms. The van der Waals surface area contributed by atoms with Crippen molar-refractivity contribution in [2.45, 2.75) is 20.8 Å². The molecule has 2 aromatic carbocycles. The molecular weight excluding hydrogens is 361 g/mol. The Balaban J connectivity index is 1.97. The molecule has 0 radical (unpaired) electrons. The number of benzene rings is 2. The number of nitrogens with one attached hydrogen (secondary N) is 1. The van der Waals surface area contributed by atoms with Gasteiger partial charge in [-0.3, -0.25) is 9.69 Å². The first-order valence-corrected chi connectivity index (χ1v) is 10.1. The molecule has 3 aromatic rings. The maximum atomic E-state index is 14.1. The van der Waals surface area contributed by atoms with Crippen LogP contribution in [-0.4, -0.2) is 37.1 Å². The zero-order chi connectivity index (χ0) is 19.4. The van der Waals surface area contributed by atoms with Crippen molar-refractivity contribution in [3.8, 4) is 0 Å². The number of amides is 1. The molecule has 1 heterocycles. The average Bonchev–Trinajstić information content (AvgIpc) is 3.10. The number of halogens is 1. The van der Waals surface area contributed by atoms with Gasteiger partial charge in [-0.05, 0) is 45.0 Å². The van der Waals surface area contributed by atoms with Crippen molar-refractivity contribution in [2.75, 3.05) is 31.1 Å². The average molecular weight is 387 g/mol. The maximum Gasteiger partial charge on any atom is 0.260 e. The van der Waals surface area contributed by atoms with Crippen LogP contribution in [0.25, 0.3) is 10.2 Å². The van der Waals surface area contributed by atoms with Crippen LogP contribution >= 0.6 is 11.3 Å². The van der Waals surface area contributed by atoms with Crippen molar-refractivity contribution in [1.82, 2.24) is 4.98 Å². The van der Waals surface area contributed by atoms with Gasteiger partial charge in [0.2, 0.25) is 0 Å². The molecule has 1 amide bonds. The number of carbonyl (C=O) groups is 1. The Labute approximate surface area is 163 Å². The predicted molar refractivity (Wildman–Crippen MR) is 109 cm³/mol. The van der Waals surface area contributed by atoms with Crippen LogP contribution in [0.4, 0.5) is 9.52 Å². The molecular formula is C21H25FN3OS+. The number of hydrogen-bond acceptors (Lipinski definition) is 3. The Kier molecular flexibility index (Phi) is 6.19. The summed E-state index contributed by atoms with van der Waals surface area (Å²) in [5.41, 5.74) is 1.99. The lowest BCUT2D eigenvalue weighted by atomic mass is 10.1. The fourth-order valence-electron chi connectivity index (χ4n) is 3.11. The van der Waals surface area contributed by atoms with Gasteiger partial charge in [-0.2, -0.15) is 0 Å². The molecule has 0 saturated heterocycles. The number of carbonyl (C=O) groups excluding carboxylic acids is 1. The van der Waals surface area contributed by atoms with Crippen LogP contribution in [0.5, 0.6) is 0 Å². The third kappa shape index (κ3) is 4.34. The van der Waals surface area contributed by atoms with Crippen LogP contribution in [-0.2, 0) is 0 Å². The Morgan fingerprint density at radius 2 is 1.93 bits per heavy atom. The number of thiazole rings is 1. The fourth-order valence-corrected chi connectivity index (χ4v) is 4.11. The number of hydrogen-bond donors (Lipinski definition) is 1. The van der Waals surface area contributed by atoms with E-state index < -0.39 is 0 Å². The van der Waals surface area contributed by atoms with Gasteiger partial charge in [0.15, 0.2) is 5.13 Å². The van der Waals surface area contributed by atoms with Crippen molar-refractivity contribution in [2.24, 2.45) is 0 Å². The van der Waals surface area contributed by atoms with E-state index >= 15 is 0 Å². The van der Waals surface area contributed by atoms with Crippen LogP contribution in [0.3, 0.4) is 0 Å². The predicted octanol–water partition coefficient (Wildman–Crippen LogP) is 3.32. The summed E-state index contributed by atoms with van der Waals surface area (Å²) in [5.74, 6) is -0.447. The number of aryl methyl sites for hydroxylation is 1.